The molecule has 0 fully saturated rings. The van der Waals surface area contributed by atoms with Crippen molar-refractivity contribution in [1.29, 1.82) is 0 Å². The topological polar surface area (TPSA) is 56.5 Å². The quantitative estimate of drug-likeness (QED) is 0.821. The van der Waals surface area contributed by atoms with Crippen molar-refractivity contribution in [2.24, 2.45) is 0 Å². The molecular weight excluding hydrogens is 252 g/mol. The number of nitrogens with one attached hydrogen (secondary N) is 1. The van der Waals surface area contributed by atoms with E-state index in [9.17, 15) is 0 Å². The molecule has 0 heterocycles. The van der Waals surface area contributed by atoms with Gasteiger partial charge in [-0.2, -0.15) is 0 Å². The highest BCUT2D eigenvalue weighted by Crippen LogP contribution is 2.28. The van der Waals surface area contributed by atoms with Crippen LogP contribution in [0.5, 0.6) is 11.5 Å². The summed E-state index contributed by atoms with van der Waals surface area (Å²) in [4.78, 5) is 0. The minimum Gasteiger partial charge on any atom is -0.493 e. The van der Waals surface area contributed by atoms with Crippen molar-refractivity contribution in [3.63, 3.8) is 0 Å². The SMILES string of the molecule is COc1ccc(CNc2cccc(C)c2N)cc1OC. The van der Waals surface area contributed by atoms with Crippen molar-refractivity contribution in [3.8, 4) is 11.5 Å². The molecule has 0 amide bonds. The highest BCUT2D eigenvalue weighted by atomic mass is 16.5. The molecule has 0 aliphatic rings. The molecular formula is C16H20N2O2. The lowest BCUT2D eigenvalue weighted by Gasteiger charge is -2.13. The Morgan fingerprint density at radius 2 is 1.80 bits per heavy atom. The number of methoxy groups -OCH3 is 2. The molecule has 0 unspecified atom stereocenters. The first-order valence-electron chi connectivity index (χ1n) is 6.45. The van der Waals surface area contributed by atoms with Crippen molar-refractivity contribution in [2.45, 2.75) is 13.5 Å². The standard InChI is InChI=1S/C16H20N2O2/c1-11-5-4-6-13(16(11)17)18-10-12-7-8-14(19-2)15(9-12)20-3/h4-9,18H,10,17H2,1-3H3. The van der Waals surface area contributed by atoms with Gasteiger partial charge in [0.05, 0.1) is 25.6 Å². The van der Waals surface area contributed by atoms with Crippen LogP contribution < -0.4 is 20.5 Å². The van der Waals surface area contributed by atoms with Crippen molar-refractivity contribution in [2.75, 3.05) is 25.3 Å². The van der Waals surface area contributed by atoms with E-state index in [1.54, 1.807) is 14.2 Å². The van der Waals surface area contributed by atoms with Crippen LogP contribution in [-0.2, 0) is 6.54 Å². The molecule has 2 rings (SSSR count). The second-order valence-corrected chi connectivity index (χ2v) is 4.58. The third-order valence-electron chi connectivity index (χ3n) is 3.26. The Bertz CT molecular complexity index is 597. The lowest BCUT2D eigenvalue weighted by Crippen LogP contribution is -2.04. The lowest BCUT2D eigenvalue weighted by atomic mass is 10.1. The normalized spacial score (nSPS) is 10.2. The molecule has 2 aromatic carbocycles. The molecule has 0 spiro atoms. The Morgan fingerprint density at radius 1 is 1.05 bits per heavy atom. The number of para-hydroxylation sites is 1. The predicted octanol–water partition coefficient (Wildman–Crippen LogP) is 3.21. The van der Waals surface area contributed by atoms with E-state index in [0.717, 1.165) is 34.0 Å². The molecule has 0 bridgehead atoms. The number of nitrogen functional groups attached to an aromatic ring is 1. The van der Waals surface area contributed by atoms with E-state index in [1.807, 2.05) is 43.3 Å². The second-order valence-electron chi connectivity index (χ2n) is 4.58. The summed E-state index contributed by atoms with van der Waals surface area (Å²) in [6.07, 6.45) is 0. The summed E-state index contributed by atoms with van der Waals surface area (Å²) >= 11 is 0. The van der Waals surface area contributed by atoms with E-state index >= 15 is 0 Å². The van der Waals surface area contributed by atoms with E-state index in [4.69, 9.17) is 15.2 Å². The molecule has 20 heavy (non-hydrogen) atoms. The summed E-state index contributed by atoms with van der Waals surface area (Å²) in [6, 6.07) is 11.8. The van der Waals surface area contributed by atoms with E-state index in [2.05, 4.69) is 5.32 Å². The van der Waals surface area contributed by atoms with Crippen LogP contribution in [0.25, 0.3) is 0 Å². The van der Waals surface area contributed by atoms with Crippen LogP contribution in [0.4, 0.5) is 11.4 Å². The Balaban J connectivity index is 2.13. The molecule has 4 nitrogen and oxygen atoms in total. The molecule has 0 saturated heterocycles. The van der Waals surface area contributed by atoms with Gasteiger partial charge in [0.15, 0.2) is 11.5 Å². The first-order valence-corrected chi connectivity index (χ1v) is 6.45. The van der Waals surface area contributed by atoms with Gasteiger partial charge in [-0.05, 0) is 36.2 Å². The van der Waals surface area contributed by atoms with Crippen LogP contribution >= 0.6 is 0 Å². The number of anilines is 2. The molecule has 4 heteroatoms. The Hall–Kier alpha value is -2.36. The summed E-state index contributed by atoms with van der Waals surface area (Å²) in [7, 11) is 3.26. The second kappa shape index (κ2) is 6.19. The Labute approximate surface area is 119 Å². The fourth-order valence-corrected chi connectivity index (χ4v) is 2.02. The third-order valence-corrected chi connectivity index (χ3v) is 3.26. The van der Waals surface area contributed by atoms with Gasteiger partial charge in [-0.1, -0.05) is 18.2 Å². The van der Waals surface area contributed by atoms with Crippen LogP contribution in [0, 0.1) is 6.92 Å². The van der Waals surface area contributed by atoms with Gasteiger partial charge in [0.1, 0.15) is 0 Å². The van der Waals surface area contributed by atoms with Gasteiger partial charge in [0, 0.05) is 6.54 Å². The highest BCUT2D eigenvalue weighted by Gasteiger charge is 2.05. The molecule has 0 aliphatic carbocycles. The van der Waals surface area contributed by atoms with E-state index in [1.165, 1.54) is 0 Å². The fraction of sp³-hybridized carbons (Fsp3) is 0.250. The minimum absolute atomic E-state index is 0.675. The maximum absolute atomic E-state index is 6.04. The van der Waals surface area contributed by atoms with Crippen LogP contribution in [0.15, 0.2) is 36.4 Å². The van der Waals surface area contributed by atoms with E-state index in [0.29, 0.717) is 6.54 Å². The largest absolute Gasteiger partial charge is 0.493 e. The Kier molecular flexibility index (Phi) is 4.35. The lowest BCUT2D eigenvalue weighted by molar-refractivity contribution is 0.354. The summed E-state index contributed by atoms with van der Waals surface area (Å²) < 4.78 is 10.5. The van der Waals surface area contributed by atoms with E-state index < -0.39 is 0 Å². The van der Waals surface area contributed by atoms with Gasteiger partial charge < -0.3 is 20.5 Å². The van der Waals surface area contributed by atoms with Crippen LogP contribution in [0.2, 0.25) is 0 Å². The molecule has 2 aromatic rings. The zero-order chi connectivity index (χ0) is 14.5. The molecule has 0 radical (unpaired) electrons. The summed E-state index contributed by atoms with van der Waals surface area (Å²) in [5.74, 6) is 1.45. The van der Waals surface area contributed by atoms with Crippen molar-refractivity contribution < 1.29 is 9.47 Å². The first kappa shape index (κ1) is 14.1. The van der Waals surface area contributed by atoms with Crippen molar-refractivity contribution in [1.82, 2.24) is 0 Å². The molecule has 0 aliphatic heterocycles. The van der Waals surface area contributed by atoms with E-state index in [-0.39, 0.29) is 0 Å². The van der Waals surface area contributed by atoms with Crippen molar-refractivity contribution >= 4 is 11.4 Å². The smallest absolute Gasteiger partial charge is 0.161 e. The van der Waals surface area contributed by atoms with Gasteiger partial charge in [-0.3, -0.25) is 0 Å². The summed E-state index contributed by atoms with van der Waals surface area (Å²) in [5, 5.41) is 3.34. The van der Waals surface area contributed by atoms with Crippen molar-refractivity contribution in [3.05, 3.63) is 47.5 Å². The maximum Gasteiger partial charge on any atom is 0.161 e. The number of ether oxygens (including phenoxy) is 2. The average Bonchev–Trinajstić information content (AvgIpc) is 2.48. The molecule has 0 saturated carbocycles. The monoisotopic (exact) mass is 272 g/mol. The zero-order valence-corrected chi connectivity index (χ0v) is 12.1. The Morgan fingerprint density at radius 3 is 2.50 bits per heavy atom. The highest BCUT2D eigenvalue weighted by molar-refractivity contribution is 5.69. The number of hydrogen-bond acceptors (Lipinski definition) is 4. The average molecular weight is 272 g/mol. The number of nitrogens with two attached hydrogens (primary N) is 1. The zero-order valence-electron chi connectivity index (χ0n) is 12.1. The summed E-state index contributed by atoms with van der Waals surface area (Å²) in [5.41, 5.74) is 9.94. The molecule has 3 N–H and O–H groups in total. The molecule has 106 valence electrons. The number of rotatable bonds is 5. The van der Waals surface area contributed by atoms with Gasteiger partial charge in [-0.25, -0.2) is 0 Å². The van der Waals surface area contributed by atoms with Crippen LogP contribution in [0.3, 0.4) is 0 Å². The van der Waals surface area contributed by atoms with Gasteiger partial charge in [0.2, 0.25) is 0 Å². The predicted molar refractivity (Wildman–Crippen MR) is 82.5 cm³/mol. The number of aryl methyl sites for hydroxylation is 1. The number of benzene rings is 2. The summed E-state index contributed by atoms with van der Waals surface area (Å²) in [6.45, 7) is 2.67. The van der Waals surface area contributed by atoms with Gasteiger partial charge in [-0.15, -0.1) is 0 Å². The van der Waals surface area contributed by atoms with Gasteiger partial charge >= 0.3 is 0 Å². The van der Waals surface area contributed by atoms with Crippen LogP contribution in [-0.4, -0.2) is 14.2 Å². The fourth-order valence-electron chi connectivity index (χ4n) is 2.02. The van der Waals surface area contributed by atoms with Crippen LogP contribution in [0.1, 0.15) is 11.1 Å². The maximum atomic E-state index is 6.04. The number of hydrogen-bond donors (Lipinski definition) is 2. The van der Waals surface area contributed by atoms with Gasteiger partial charge in [0.25, 0.3) is 0 Å². The molecule has 0 aromatic heterocycles. The first-order chi connectivity index (χ1) is 9.65. The molecule has 0 atom stereocenters. The minimum atomic E-state index is 0.675. The third kappa shape index (κ3) is 2.96.